The van der Waals surface area contributed by atoms with Gasteiger partial charge in [-0.2, -0.15) is 0 Å². The van der Waals surface area contributed by atoms with E-state index in [4.69, 9.17) is 5.73 Å². The fourth-order valence-corrected chi connectivity index (χ4v) is 2.49. The van der Waals surface area contributed by atoms with Crippen LogP contribution in [0.5, 0.6) is 0 Å². The van der Waals surface area contributed by atoms with Crippen LogP contribution in [0.3, 0.4) is 0 Å². The summed E-state index contributed by atoms with van der Waals surface area (Å²) < 4.78 is 2.24. The number of aryl methyl sites for hydroxylation is 1. The van der Waals surface area contributed by atoms with Gasteiger partial charge < -0.3 is 10.3 Å². The van der Waals surface area contributed by atoms with Crippen LogP contribution >= 0.6 is 11.8 Å². The number of carbonyl (C=O) groups excluding carboxylic acids is 1. The zero-order valence-electron chi connectivity index (χ0n) is 8.99. The first-order valence-electron chi connectivity index (χ1n) is 5.06. The van der Waals surface area contributed by atoms with Gasteiger partial charge in [0.25, 0.3) is 0 Å². The quantitative estimate of drug-likeness (QED) is 0.788. The van der Waals surface area contributed by atoms with Gasteiger partial charge in [-0.1, -0.05) is 11.8 Å². The van der Waals surface area contributed by atoms with Gasteiger partial charge in [0, 0.05) is 11.7 Å². The average Bonchev–Trinajstić information content (AvgIpc) is 2.94. The Morgan fingerprint density at radius 3 is 2.80 bits per heavy atom. The SMILES string of the molecule is Cc1nc(SCC(N)=O)n(C2CC2)c1C. The second kappa shape index (κ2) is 3.89. The van der Waals surface area contributed by atoms with Crippen molar-refractivity contribution < 1.29 is 4.79 Å². The maximum absolute atomic E-state index is 10.7. The highest BCUT2D eigenvalue weighted by Crippen LogP contribution is 2.39. The molecule has 1 aromatic heterocycles. The van der Waals surface area contributed by atoms with Crippen LogP contribution in [0.2, 0.25) is 0 Å². The van der Waals surface area contributed by atoms with E-state index in [2.05, 4.69) is 16.5 Å². The summed E-state index contributed by atoms with van der Waals surface area (Å²) in [5.74, 6) is 0.0171. The van der Waals surface area contributed by atoms with Crippen molar-refractivity contribution in [1.82, 2.24) is 9.55 Å². The number of hydrogen-bond donors (Lipinski definition) is 1. The van der Waals surface area contributed by atoms with Crippen LogP contribution in [0.15, 0.2) is 5.16 Å². The van der Waals surface area contributed by atoms with Crippen LogP contribution in [0.1, 0.15) is 30.3 Å². The molecule has 0 spiro atoms. The zero-order chi connectivity index (χ0) is 11.0. The molecule has 1 aliphatic rings. The average molecular weight is 225 g/mol. The Balaban J connectivity index is 2.21. The largest absolute Gasteiger partial charge is 0.369 e. The molecule has 1 saturated carbocycles. The van der Waals surface area contributed by atoms with Crippen LogP contribution in [0.4, 0.5) is 0 Å². The van der Waals surface area contributed by atoms with Crippen molar-refractivity contribution in [3.05, 3.63) is 11.4 Å². The maximum atomic E-state index is 10.7. The number of nitrogens with two attached hydrogens (primary N) is 1. The number of amides is 1. The number of thioether (sulfide) groups is 1. The van der Waals surface area contributed by atoms with Gasteiger partial charge in [-0.15, -0.1) is 0 Å². The summed E-state index contributed by atoms with van der Waals surface area (Å²) in [6.07, 6.45) is 2.45. The number of rotatable bonds is 4. The van der Waals surface area contributed by atoms with E-state index in [1.165, 1.54) is 30.3 Å². The third-order valence-corrected chi connectivity index (χ3v) is 3.58. The topological polar surface area (TPSA) is 60.9 Å². The van der Waals surface area contributed by atoms with E-state index in [0.717, 1.165) is 10.9 Å². The molecule has 0 unspecified atom stereocenters. The first kappa shape index (κ1) is 10.5. The molecule has 1 aromatic rings. The van der Waals surface area contributed by atoms with Crippen molar-refractivity contribution in [2.24, 2.45) is 5.73 Å². The zero-order valence-corrected chi connectivity index (χ0v) is 9.80. The lowest BCUT2D eigenvalue weighted by Crippen LogP contribution is -2.13. The lowest BCUT2D eigenvalue weighted by atomic mass is 10.4. The van der Waals surface area contributed by atoms with Crippen molar-refractivity contribution in [3.8, 4) is 0 Å². The number of hydrogen-bond acceptors (Lipinski definition) is 3. The van der Waals surface area contributed by atoms with Gasteiger partial charge in [-0.05, 0) is 26.7 Å². The normalized spacial score (nSPS) is 15.6. The molecule has 2 N–H and O–H groups in total. The summed E-state index contributed by atoms with van der Waals surface area (Å²) in [5.41, 5.74) is 7.39. The first-order chi connectivity index (χ1) is 7.09. The minimum atomic E-state index is -0.291. The predicted molar refractivity (Wildman–Crippen MR) is 59.9 cm³/mol. The van der Waals surface area contributed by atoms with Gasteiger partial charge in [0.1, 0.15) is 0 Å². The smallest absolute Gasteiger partial charge is 0.227 e. The summed E-state index contributed by atoms with van der Waals surface area (Å²) in [6, 6.07) is 0.599. The summed E-state index contributed by atoms with van der Waals surface area (Å²) >= 11 is 1.44. The standard InChI is InChI=1S/C10H15N3OS/c1-6-7(2)13(8-3-4-8)10(12-6)15-5-9(11)14/h8H,3-5H2,1-2H3,(H2,11,14). The number of imidazole rings is 1. The molecule has 1 amide bonds. The molecule has 0 aliphatic heterocycles. The molecular weight excluding hydrogens is 210 g/mol. The van der Waals surface area contributed by atoms with Crippen LogP contribution in [-0.4, -0.2) is 21.2 Å². The summed E-state index contributed by atoms with van der Waals surface area (Å²) in [5, 5.41) is 0.936. The predicted octanol–water partition coefficient (Wildman–Crippen LogP) is 1.41. The molecule has 1 fully saturated rings. The molecule has 0 aromatic carbocycles. The number of carbonyl (C=O) groups is 1. The van der Waals surface area contributed by atoms with Crippen LogP contribution < -0.4 is 5.73 Å². The minimum Gasteiger partial charge on any atom is -0.369 e. The van der Waals surface area contributed by atoms with Gasteiger partial charge >= 0.3 is 0 Å². The van der Waals surface area contributed by atoms with Gasteiger partial charge in [0.05, 0.1) is 11.4 Å². The number of aromatic nitrogens is 2. The third-order valence-electron chi connectivity index (χ3n) is 2.61. The van der Waals surface area contributed by atoms with E-state index in [0.29, 0.717) is 11.8 Å². The Hall–Kier alpha value is -0.970. The highest BCUT2D eigenvalue weighted by molar-refractivity contribution is 7.99. The highest BCUT2D eigenvalue weighted by Gasteiger charge is 2.28. The Morgan fingerprint density at radius 1 is 1.60 bits per heavy atom. The molecule has 0 saturated heterocycles. The molecule has 1 aliphatic carbocycles. The maximum Gasteiger partial charge on any atom is 0.227 e. The van der Waals surface area contributed by atoms with Crippen molar-refractivity contribution >= 4 is 17.7 Å². The lowest BCUT2D eigenvalue weighted by Gasteiger charge is -2.06. The van der Waals surface area contributed by atoms with Crippen molar-refractivity contribution in [3.63, 3.8) is 0 Å². The lowest BCUT2D eigenvalue weighted by molar-refractivity contribution is -0.115. The molecule has 1 heterocycles. The second-order valence-electron chi connectivity index (χ2n) is 3.92. The van der Waals surface area contributed by atoms with Crippen LogP contribution in [-0.2, 0) is 4.79 Å². The van der Waals surface area contributed by atoms with E-state index in [-0.39, 0.29) is 5.91 Å². The van der Waals surface area contributed by atoms with Crippen molar-refractivity contribution in [1.29, 1.82) is 0 Å². The van der Waals surface area contributed by atoms with E-state index in [9.17, 15) is 4.79 Å². The molecule has 0 bridgehead atoms. The molecule has 82 valence electrons. The fourth-order valence-electron chi connectivity index (χ4n) is 1.60. The van der Waals surface area contributed by atoms with E-state index < -0.39 is 0 Å². The van der Waals surface area contributed by atoms with Crippen molar-refractivity contribution in [2.45, 2.75) is 37.9 Å². The molecule has 2 rings (SSSR count). The van der Waals surface area contributed by atoms with Gasteiger partial charge in [-0.3, -0.25) is 4.79 Å². The minimum absolute atomic E-state index is 0.291. The second-order valence-corrected chi connectivity index (χ2v) is 4.86. The molecule has 0 atom stereocenters. The monoisotopic (exact) mass is 225 g/mol. The molecular formula is C10H15N3OS. The van der Waals surface area contributed by atoms with E-state index >= 15 is 0 Å². The van der Waals surface area contributed by atoms with Crippen LogP contribution in [0, 0.1) is 13.8 Å². The first-order valence-corrected chi connectivity index (χ1v) is 6.04. The highest BCUT2D eigenvalue weighted by atomic mass is 32.2. The summed E-state index contributed by atoms with van der Waals surface area (Å²) in [6.45, 7) is 4.08. The van der Waals surface area contributed by atoms with Gasteiger partial charge in [-0.25, -0.2) is 4.98 Å². The van der Waals surface area contributed by atoms with E-state index in [1.807, 2.05) is 6.92 Å². The van der Waals surface area contributed by atoms with E-state index in [1.54, 1.807) is 0 Å². The Labute approximate surface area is 93.2 Å². The van der Waals surface area contributed by atoms with Gasteiger partial charge in [0.15, 0.2) is 5.16 Å². The Kier molecular flexibility index (Phi) is 2.73. The molecule has 4 nitrogen and oxygen atoms in total. The third kappa shape index (κ3) is 2.17. The van der Waals surface area contributed by atoms with Crippen LogP contribution in [0.25, 0.3) is 0 Å². The Bertz CT molecular complexity index is 396. The molecule has 0 radical (unpaired) electrons. The fraction of sp³-hybridized carbons (Fsp3) is 0.600. The number of primary amides is 1. The molecule has 15 heavy (non-hydrogen) atoms. The summed E-state index contributed by atoms with van der Waals surface area (Å²) in [7, 11) is 0. The number of nitrogens with zero attached hydrogens (tertiary/aromatic N) is 2. The summed E-state index contributed by atoms with van der Waals surface area (Å²) in [4.78, 5) is 15.2. The van der Waals surface area contributed by atoms with Gasteiger partial charge in [0.2, 0.25) is 5.91 Å². The molecule has 5 heteroatoms. The van der Waals surface area contributed by atoms with Crippen molar-refractivity contribution in [2.75, 3.05) is 5.75 Å². The Morgan fingerprint density at radius 2 is 2.27 bits per heavy atom.